The smallest absolute Gasteiger partial charge is 0.184 e. The van der Waals surface area contributed by atoms with Crippen LogP contribution in [0, 0.1) is 0 Å². The minimum absolute atomic E-state index is 0.344. The summed E-state index contributed by atoms with van der Waals surface area (Å²) in [6.07, 6.45) is -3.04. The fraction of sp³-hybridized carbons (Fsp3) is 0.333. The Bertz CT molecular complexity index is 863. The van der Waals surface area contributed by atoms with E-state index in [1.54, 1.807) is 0 Å². The number of rotatable bonds is 9. The molecule has 0 amide bonds. The van der Waals surface area contributed by atoms with E-state index in [2.05, 4.69) is 0 Å². The topological polar surface area (TPSA) is 57.2 Å². The molecule has 0 spiro atoms. The Morgan fingerprint density at radius 2 is 0.969 bits per heavy atom. The van der Waals surface area contributed by atoms with Crippen molar-refractivity contribution >= 4 is 0 Å². The molecule has 1 heterocycles. The van der Waals surface area contributed by atoms with Crippen LogP contribution in [-0.4, -0.2) is 35.8 Å². The molecule has 1 aliphatic rings. The van der Waals surface area contributed by atoms with Crippen LogP contribution in [-0.2, 0) is 38.8 Å². The fourth-order valence-corrected chi connectivity index (χ4v) is 3.89. The van der Waals surface area contributed by atoms with E-state index < -0.39 is 24.6 Å². The summed E-state index contributed by atoms with van der Waals surface area (Å²) in [4.78, 5) is 0. The maximum absolute atomic E-state index is 10.7. The van der Waals surface area contributed by atoms with Crippen LogP contribution in [0.3, 0.4) is 0 Å². The lowest BCUT2D eigenvalue weighted by Crippen LogP contribution is -2.59. The molecule has 1 fully saturated rings. The summed E-state index contributed by atoms with van der Waals surface area (Å²) in [6, 6.07) is 29.8. The Morgan fingerprint density at radius 1 is 0.594 bits per heavy atom. The Kier molecular flexibility index (Phi) is 8.04. The van der Waals surface area contributed by atoms with E-state index in [9.17, 15) is 5.11 Å². The van der Waals surface area contributed by atoms with Crippen LogP contribution in [0.1, 0.15) is 23.6 Å². The number of aliphatic hydroxyl groups excluding tert-OH is 1. The van der Waals surface area contributed by atoms with Crippen LogP contribution in [0.25, 0.3) is 0 Å². The van der Waals surface area contributed by atoms with Crippen molar-refractivity contribution in [2.24, 2.45) is 0 Å². The average molecular weight is 435 g/mol. The van der Waals surface area contributed by atoms with Gasteiger partial charge in [-0.25, -0.2) is 0 Å². The fourth-order valence-electron chi connectivity index (χ4n) is 3.89. The molecule has 0 saturated carbocycles. The summed E-state index contributed by atoms with van der Waals surface area (Å²) in [5.74, 6) is 0. The molecule has 5 nitrogen and oxygen atoms in total. The second kappa shape index (κ2) is 11.4. The van der Waals surface area contributed by atoms with Gasteiger partial charge in [0.2, 0.25) is 0 Å². The normalized spacial score (nSPS) is 25.5. The van der Waals surface area contributed by atoms with E-state index in [0.29, 0.717) is 19.8 Å². The number of aliphatic hydroxyl groups is 1. The summed E-state index contributed by atoms with van der Waals surface area (Å²) in [5.41, 5.74) is 3.13. The highest BCUT2D eigenvalue weighted by molar-refractivity contribution is 5.15. The minimum Gasteiger partial charge on any atom is -0.368 e. The molecule has 1 aliphatic heterocycles. The van der Waals surface area contributed by atoms with Gasteiger partial charge >= 0.3 is 0 Å². The van der Waals surface area contributed by atoms with Gasteiger partial charge in [0.15, 0.2) is 6.29 Å². The third-order valence-corrected chi connectivity index (χ3v) is 5.60. The van der Waals surface area contributed by atoms with Crippen molar-refractivity contribution < 1.29 is 24.1 Å². The first-order valence-electron chi connectivity index (χ1n) is 11.0. The zero-order valence-electron chi connectivity index (χ0n) is 18.2. The molecule has 0 aliphatic carbocycles. The summed E-state index contributed by atoms with van der Waals surface area (Å²) < 4.78 is 24.5. The monoisotopic (exact) mass is 434 g/mol. The van der Waals surface area contributed by atoms with Crippen molar-refractivity contribution in [3.63, 3.8) is 0 Å². The number of ether oxygens (including phenoxy) is 4. The van der Waals surface area contributed by atoms with Crippen molar-refractivity contribution in [3.05, 3.63) is 108 Å². The van der Waals surface area contributed by atoms with Crippen LogP contribution < -0.4 is 0 Å². The van der Waals surface area contributed by atoms with Crippen molar-refractivity contribution in [1.29, 1.82) is 0 Å². The molecule has 168 valence electrons. The van der Waals surface area contributed by atoms with Gasteiger partial charge in [0.05, 0.1) is 25.9 Å². The molecular weight excluding hydrogens is 404 g/mol. The average Bonchev–Trinajstić information content (AvgIpc) is 2.83. The molecule has 1 N–H and O–H groups in total. The molecule has 1 unspecified atom stereocenters. The molecule has 0 bridgehead atoms. The van der Waals surface area contributed by atoms with Crippen LogP contribution in [0.15, 0.2) is 91.0 Å². The van der Waals surface area contributed by atoms with E-state index in [0.717, 1.165) is 16.7 Å². The van der Waals surface area contributed by atoms with E-state index in [1.807, 2.05) is 97.9 Å². The van der Waals surface area contributed by atoms with Gasteiger partial charge in [-0.1, -0.05) is 91.0 Å². The molecule has 32 heavy (non-hydrogen) atoms. The van der Waals surface area contributed by atoms with Crippen LogP contribution in [0.4, 0.5) is 0 Å². The van der Waals surface area contributed by atoms with Crippen LogP contribution >= 0.6 is 0 Å². The molecule has 3 aromatic carbocycles. The Labute approximate surface area is 189 Å². The molecule has 1 saturated heterocycles. The second-order valence-electron chi connectivity index (χ2n) is 8.02. The first kappa shape index (κ1) is 22.6. The molecule has 0 radical (unpaired) electrons. The van der Waals surface area contributed by atoms with Crippen molar-refractivity contribution in [3.8, 4) is 0 Å². The largest absolute Gasteiger partial charge is 0.368 e. The SMILES string of the molecule is C[C@@H]1OC(O)[C@H](OCc2ccccc2)[C@@H](OCc2ccccc2)[C@H]1OCc1ccccc1. The predicted octanol–water partition coefficient (Wildman–Crippen LogP) is 4.48. The van der Waals surface area contributed by atoms with Gasteiger partial charge in [-0.05, 0) is 23.6 Å². The van der Waals surface area contributed by atoms with Gasteiger partial charge in [-0.15, -0.1) is 0 Å². The number of hydrogen-bond acceptors (Lipinski definition) is 5. The lowest BCUT2D eigenvalue weighted by molar-refractivity contribution is -0.308. The van der Waals surface area contributed by atoms with Crippen LogP contribution in [0.2, 0.25) is 0 Å². The molecular formula is C27H30O5. The van der Waals surface area contributed by atoms with Gasteiger partial charge in [0, 0.05) is 0 Å². The first-order chi connectivity index (χ1) is 15.7. The highest BCUT2D eigenvalue weighted by atomic mass is 16.7. The number of hydrogen-bond donors (Lipinski definition) is 1. The third-order valence-electron chi connectivity index (χ3n) is 5.60. The van der Waals surface area contributed by atoms with E-state index in [-0.39, 0.29) is 6.10 Å². The predicted molar refractivity (Wildman–Crippen MR) is 122 cm³/mol. The maximum Gasteiger partial charge on any atom is 0.184 e. The Balaban J connectivity index is 1.50. The Morgan fingerprint density at radius 3 is 1.41 bits per heavy atom. The lowest BCUT2D eigenvalue weighted by Gasteiger charge is -2.43. The second-order valence-corrected chi connectivity index (χ2v) is 8.02. The van der Waals surface area contributed by atoms with Crippen molar-refractivity contribution in [2.45, 2.75) is 57.5 Å². The highest BCUT2D eigenvalue weighted by Crippen LogP contribution is 2.29. The maximum atomic E-state index is 10.7. The standard InChI is InChI=1S/C27H30O5/c1-20-24(29-17-21-11-5-2-6-12-21)25(30-18-22-13-7-3-8-14-22)26(27(28)32-20)31-19-23-15-9-4-10-16-23/h2-16,20,24-28H,17-19H2,1H3/t20-,24-,25-,26+,27?/m0/s1. The lowest BCUT2D eigenvalue weighted by atomic mass is 9.98. The minimum atomic E-state index is -1.11. The van der Waals surface area contributed by atoms with E-state index in [4.69, 9.17) is 18.9 Å². The molecule has 3 aromatic rings. The molecule has 5 heteroatoms. The highest BCUT2D eigenvalue weighted by Gasteiger charge is 2.46. The summed E-state index contributed by atoms with van der Waals surface area (Å²) in [6.45, 7) is 3.05. The summed E-state index contributed by atoms with van der Waals surface area (Å²) >= 11 is 0. The van der Waals surface area contributed by atoms with Crippen LogP contribution in [0.5, 0.6) is 0 Å². The zero-order valence-corrected chi connectivity index (χ0v) is 18.2. The van der Waals surface area contributed by atoms with Gasteiger partial charge in [-0.2, -0.15) is 0 Å². The van der Waals surface area contributed by atoms with Crippen molar-refractivity contribution in [2.75, 3.05) is 0 Å². The molecule has 0 aromatic heterocycles. The number of benzene rings is 3. The van der Waals surface area contributed by atoms with Crippen molar-refractivity contribution in [1.82, 2.24) is 0 Å². The summed E-state index contributed by atoms with van der Waals surface area (Å²) in [7, 11) is 0. The molecule has 5 atom stereocenters. The van der Waals surface area contributed by atoms with E-state index in [1.165, 1.54) is 0 Å². The Hall–Kier alpha value is -2.54. The quantitative estimate of drug-likeness (QED) is 0.538. The zero-order chi connectivity index (χ0) is 22.2. The van der Waals surface area contributed by atoms with Gasteiger partial charge in [0.1, 0.15) is 18.3 Å². The summed E-state index contributed by atoms with van der Waals surface area (Å²) in [5, 5.41) is 10.7. The van der Waals surface area contributed by atoms with Gasteiger partial charge < -0.3 is 24.1 Å². The van der Waals surface area contributed by atoms with E-state index >= 15 is 0 Å². The van der Waals surface area contributed by atoms with Gasteiger partial charge in [-0.3, -0.25) is 0 Å². The third kappa shape index (κ3) is 6.03. The van der Waals surface area contributed by atoms with Gasteiger partial charge in [0.25, 0.3) is 0 Å². The first-order valence-corrected chi connectivity index (χ1v) is 11.0. The molecule has 4 rings (SSSR count).